The molecule has 2 heterocycles. The van der Waals surface area contributed by atoms with Crippen LogP contribution in [0, 0.1) is 10.1 Å². The van der Waals surface area contributed by atoms with Crippen molar-refractivity contribution in [3.63, 3.8) is 0 Å². The summed E-state index contributed by atoms with van der Waals surface area (Å²) < 4.78 is 12.0. The maximum absolute atomic E-state index is 12.6. The predicted molar refractivity (Wildman–Crippen MR) is 94.4 cm³/mol. The largest absolute Gasteiger partial charge is 0.486 e. The molecule has 136 valence electrons. The summed E-state index contributed by atoms with van der Waals surface area (Å²) in [7, 11) is 0. The Hall–Kier alpha value is -3.75. The molecule has 27 heavy (non-hydrogen) atoms. The average molecular weight is 367 g/mol. The van der Waals surface area contributed by atoms with Crippen LogP contribution in [0.15, 0.2) is 47.5 Å². The van der Waals surface area contributed by atoms with Crippen LogP contribution in [0.3, 0.4) is 0 Å². The van der Waals surface area contributed by atoms with E-state index in [1.807, 2.05) is 0 Å². The number of carbonyl (C=O) groups excluding carboxylic acids is 1. The van der Waals surface area contributed by atoms with E-state index in [9.17, 15) is 19.7 Å². The molecule has 0 aliphatic carbocycles. The van der Waals surface area contributed by atoms with Crippen molar-refractivity contribution in [2.24, 2.45) is 0 Å². The second kappa shape index (κ2) is 6.52. The summed E-state index contributed by atoms with van der Waals surface area (Å²) in [6, 6.07) is 8.66. The lowest BCUT2D eigenvalue weighted by molar-refractivity contribution is -0.384. The number of fused-ring (bicyclic) bond motifs is 2. The maximum atomic E-state index is 12.6. The number of aromatic nitrogens is 2. The number of rotatable bonds is 4. The number of non-ortho nitro benzene ring substituents is 1. The van der Waals surface area contributed by atoms with E-state index >= 15 is 0 Å². The van der Waals surface area contributed by atoms with Gasteiger partial charge in [0.1, 0.15) is 13.2 Å². The Morgan fingerprint density at radius 1 is 1.15 bits per heavy atom. The Bertz CT molecular complexity index is 1140. The monoisotopic (exact) mass is 367 g/mol. The molecule has 0 amide bonds. The van der Waals surface area contributed by atoms with Crippen LogP contribution >= 0.6 is 0 Å². The zero-order valence-electron chi connectivity index (χ0n) is 14.0. The lowest BCUT2D eigenvalue weighted by atomic mass is 10.1. The van der Waals surface area contributed by atoms with Gasteiger partial charge in [-0.05, 0) is 24.3 Å². The van der Waals surface area contributed by atoms with Crippen molar-refractivity contribution in [2.45, 2.75) is 6.54 Å². The molecule has 2 aromatic carbocycles. The minimum Gasteiger partial charge on any atom is -0.486 e. The van der Waals surface area contributed by atoms with Gasteiger partial charge >= 0.3 is 0 Å². The number of Topliss-reactive ketones (excluding diaryl/α,β-unsaturated/α-hetero) is 1. The highest BCUT2D eigenvalue weighted by Gasteiger charge is 2.17. The normalized spacial score (nSPS) is 12.7. The van der Waals surface area contributed by atoms with Crippen molar-refractivity contribution in [2.75, 3.05) is 13.2 Å². The number of carbonyl (C=O) groups is 1. The summed E-state index contributed by atoms with van der Waals surface area (Å²) in [4.78, 5) is 39.6. The molecule has 0 saturated carbocycles. The highest BCUT2D eigenvalue weighted by Crippen LogP contribution is 2.30. The number of hydrogen-bond acceptors (Lipinski definition) is 7. The summed E-state index contributed by atoms with van der Waals surface area (Å²) in [5, 5.41) is 11.0. The van der Waals surface area contributed by atoms with E-state index in [0.717, 1.165) is 10.6 Å². The van der Waals surface area contributed by atoms with Gasteiger partial charge in [0.15, 0.2) is 17.3 Å². The van der Waals surface area contributed by atoms with Crippen molar-refractivity contribution < 1.29 is 19.2 Å². The third kappa shape index (κ3) is 3.10. The molecular formula is C18H13N3O6. The molecule has 1 aromatic heterocycles. The zero-order chi connectivity index (χ0) is 19.0. The van der Waals surface area contributed by atoms with Crippen LogP contribution in [-0.4, -0.2) is 33.5 Å². The van der Waals surface area contributed by atoms with Crippen molar-refractivity contribution in [3.05, 3.63) is 68.8 Å². The number of ketones is 1. The highest BCUT2D eigenvalue weighted by molar-refractivity contribution is 5.96. The fraction of sp³-hybridized carbons (Fsp3) is 0.167. The first-order valence-electron chi connectivity index (χ1n) is 8.09. The number of nitro benzene ring substituents is 1. The molecule has 0 bridgehead atoms. The van der Waals surface area contributed by atoms with E-state index in [4.69, 9.17) is 9.47 Å². The second-order valence-electron chi connectivity index (χ2n) is 5.92. The number of nitrogens with zero attached hydrogens (tertiary/aromatic N) is 3. The van der Waals surface area contributed by atoms with Gasteiger partial charge in [-0.2, -0.15) is 0 Å². The summed E-state index contributed by atoms with van der Waals surface area (Å²) in [5.41, 5.74) is -0.0363. The van der Waals surface area contributed by atoms with Gasteiger partial charge in [-0.3, -0.25) is 24.3 Å². The number of hydrogen-bond donors (Lipinski definition) is 0. The van der Waals surface area contributed by atoms with E-state index in [1.165, 1.54) is 18.5 Å². The summed E-state index contributed by atoms with van der Waals surface area (Å²) in [6.45, 7) is 0.603. The first kappa shape index (κ1) is 16.7. The van der Waals surface area contributed by atoms with Gasteiger partial charge in [-0.15, -0.1) is 0 Å². The topological polar surface area (TPSA) is 114 Å². The number of benzene rings is 2. The smallest absolute Gasteiger partial charge is 0.270 e. The molecule has 9 heteroatoms. The second-order valence-corrected chi connectivity index (χ2v) is 5.92. The van der Waals surface area contributed by atoms with E-state index in [1.54, 1.807) is 18.2 Å². The van der Waals surface area contributed by atoms with Crippen LogP contribution in [0.1, 0.15) is 10.4 Å². The molecule has 1 aliphatic rings. The molecule has 9 nitrogen and oxygen atoms in total. The van der Waals surface area contributed by atoms with Crippen LogP contribution in [-0.2, 0) is 6.54 Å². The van der Waals surface area contributed by atoms with E-state index in [2.05, 4.69) is 4.98 Å². The fourth-order valence-electron chi connectivity index (χ4n) is 2.84. The molecule has 3 aromatic rings. The molecule has 0 unspecified atom stereocenters. The van der Waals surface area contributed by atoms with Gasteiger partial charge in [0.2, 0.25) is 0 Å². The Labute approximate surface area is 151 Å². The van der Waals surface area contributed by atoms with E-state index in [-0.39, 0.29) is 23.4 Å². The molecule has 0 fully saturated rings. The fourth-order valence-corrected chi connectivity index (χ4v) is 2.84. The first-order chi connectivity index (χ1) is 13.0. The van der Waals surface area contributed by atoms with E-state index in [0.29, 0.717) is 35.8 Å². The average Bonchev–Trinajstić information content (AvgIpc) is 2.69. The van der Waals surface area contributed by atoms with Crippen molar-refractivity contribution in [1.82, 2.24) is 9.55 Å². The SMILES string of the molecule is O=C(Cn1cnc2ccc([N+](=O)[O-])cc2c1=O)c1ccc2c(c1)OCCO2. The summed E-state index contributed by atoms with van der Waals surface area (Å²) >= 11 is 0. The van der Waals surface area contributed by atoms with Crippen molar-refractivity contribution >= 4 is 22.4 Å². The molecule has 0 atom stereocenters. The molecule has 0 saturated heterocycles. The van der Waals surface area contributed by atoms with Gasteiger partial charge in [0.05, 0.1) is 28.7 Å². The predicted octanol–water partition coefficient (Wildman–Crippen LogP) is 1.96. The minimum absolute atomic E-state index is 0.0849. The lowest BCUT2D eigenvalue weighted by Gasteiger charge is -2.18. The standard InChI is InChI=1S/C18H13N3O6/c22-15(11-1-4-16-17(7-11)27-6-5-26-16)9-20-10-19-14-3-2-12(21(24)25)8-13(14)18(20)23/h1-4,7-8,10H,5-6,9H2. The van der Waals surface area contributed by atoms with Crippen LogP contribution in [0.5, 0.6) is 11.5 Å². The highest BCUT2D eigenvalue weighted by atomic mass is 16.6. The Balaban J connectivity index is 1.66. The third-order valence-corrected chi connectivity index (χ3v) is 4.20. The van der Waals surface area contributed by atoms with E-state index < -0.39 is 10.5 Å². The maximum Gasteiger partial charge on any atom is 0.270 e. The Kier molecular flexibility index (Phi) is 4.03. The zero-order valence-corrected chi connectivity index (χ0v) is 14.0. The molecule has 0 radical (unpaired) electrons. The van der Waals surface area contributed by atoms with Gasteiger partial charge in [-0.25, -0.2) is 4.98 Å². The van der Waals surface area contributed by atoms with Crippen molar-refractivity contribution in [3.8, 4) is 11.5 Å². The van der Waals surface area contributed by atoms with Gasteiger partial charge in [0.25, 0.3) is 11.2 Å². The molecule has 1 aliphatic heterocycles. The first-order valence-corrected chi connectivity index (χ1v) is 8.09. The Morgan fingerprint density at radius 3 is 2.70 bits per heavy atom. The molecular weight excluding hydrogens is 354 g/mol. The van der Waals surface area contributed by atoms with Crippen molar-refractivity contribution in [1.29, 1.82) is 0 Å². The molecule has 0 spiro atoms. The van der Waals surface area contributed by atoms with Crippen LogP contribution in [0.25, 0.3) is 10.9 Å². The van der Waals surface area contributed by atoms with Gasteiger partial charge in [-0.1, -0.05) is 0 Å². The molecule has 0 N–H and O–H groups in total. The summed E-state index contributed by atoms with van der Waals surface area (Å²) in [5.74, 6) is 0.724. The van der Waals surface area contributed by atoms with Gasteiger partial charge in [0, 0.05) is 17.7 Å². The van der Waals surface area contributed by atoms with Crippen LogP contribution in [0.4, 0.5) is 5.69 Å². The summed E-state index contributed by atoms with van der Waals surface area (Å²) in [6.07, 6.45) is 1.26. The third-order valence-electron chi connectivity index (χ3n) is 4.20. The lowest BCUT2D eigenvalue weighted by Crippen LogP contribution is -2.25. The van der Waals surface area contributed by atoms with Gasteiger partial charge < -0.3 is 9.47 Å². The quantitative estimate of drug-likeness (QED) is 0.393. The minimum atomic E-state index is -0.587. The van der Waals surface area contributed by atoms with Crippen LogP contribution in [0.2, 0.25) is 0 Å². The number of nitro groups is 1. The van der Waals surface area contributed by atoms with Crippen LogP contribution < -0.4 is 15.0 Å². The number of ether oxygens (including phenoxy) is 2. The Morgan fingerprint density at radius 2 is 1.93 bits per heavy atom. The molecule has 4 rings (SSSR count).